The second-order valence-corrected chi connectivity index (χ2v) is 6.91. The zero-order valence-corrected chi connectivity index (χ0v) is 14.1. The molecular weight excluding hydrogens is 318 g/mol. The number of hydrogen-bond acceptors (Lipinski definition) is 3. The molecule has 0 aliphatic heterocycles. The Kier molecular flexibility index (Phi) is 3.88. The Morgan fingerprint density at radius 1 is 1.20 bits per heavy atom. The van der Waals surface area contributed by atoms with E-state index in [0.717, 1.165) is 41.7 Å². The Bertz CT molecular complexity index is 796. The number of carbonyl (C=O) groups is 1. The molecule has 1 saturated carbocycles. The zero-order valence-electron chi connectivity index (χ0n) is 14.1. The summed E-state index contributed by atoms with van der Waals surface area (Å²) < 4.78 is 10.3. The van der Waals surface area contributed by atoms with Crippen molar-refractivity contribution in [1.29, 1.82) is 0 Å². The standard InChI is InChI=1S/C20H21NO4/c1-24-12-25-16-5-2-13(3-6-16)14-4-7-17-15(10-14)11-20(8-9-20)18(17)21-19(22)23/h2-7,10,18,21H,8-9,11-12H2,1H3,(H,22,23). The van der Waals surface area contributed by atoms with Crippen LogP contribution in [0.25, 0.3) is 11.1 Å². The predicted octanol–water partition coefficient (Wildman–Crippen LogP) is 3.98. The average Bonchev–Trinajstić information content (AvgIpc) is 3.32. The molecule has 1 spiro atoms. The SMILES string of the molecule is COCOc1ccc(-c2ccc3c(c2)CC2(CC2)C3NC(=O)O)cc1. The quantitative estimate of drug-likeness (QED) is 0.809. The number of amides is 1. The first-order valence-electron chi connectivity index (χ1n) is 8.46. The van der Waals surface area contributed by atoms with Gasteiger partial charge in [-0.2, -0.15) is 0 Å². The number of carboxylic acid groups (broad SMARTS) is 1. The van der Waals surface area contributed by atoms with E-state index in [1.807, 2.05) is 24.3 Å². The first kappa shape index (κ1) is 16.0. The van der Waals surface area contributed by atoms with Crippen molar-refractivity contribution in [3.63, 3.8) is 0 Å². The third-order valence-electron chi connectivity index (χ3n) is 5.30. The third-order valence-corrected chi connectivity index (χ3v) is 5.30. The molecule has 0 radical (unpaired) electrons. The molecule has 5 nitrogen and oxygen atoms in total. The van der Waals surface area contributed by atoms with Gasteiger partial charge < -0.3 is 19.9 Å². The van der Waals surface area contributed by atoms with Gasteiger partial charge in [-0.1, -0.05) is 30.3 Å². The van der Waals surface area contributed by atoms with Crippen molar-refractivity contribution in [2.45, 2.75) is 25.3 Å². The summed E-state index contributed by atoms with van der Waals surface area (Å²) >= 11 is 0. The molecule has 1 atom stereocenters. The minimum Gasteiger partial charge on any atom is -0.468 e. The van der Waals surface area contributed by atoms with Crippen molar-refractivity contribution < 1.29 is 19.4 Å². The summed E-state index contributed by atoms with van der Waals surface area (Å²) in [6, 6.07) is 14.2. The van der Waals surface area contributed by atoms with Gasteiger partial charge in [0.1, 0.15) is 5.75 Å². The molecule has 1 amide bonds. The number of nitrogens with one attached hydrogen (secondary N) is 1. The molecular formula is C20H21NO4. The lowest BCUT2D eigenvalue weighted by molar-refractivity contribution is 0.0511. The van der Waals surface area contributed by atoms with Crippen LogP contribution in [0, 0.1) is 5.41 Å². The second-order valence-electron chi connectivity index (χ2n) is 6.91. The van der Waals surface area contributed by atoms with Crippen LogP contribution in [0.2, 0.25) is 0 Å². The molecule has 2 aliphatic rings. The maximum Gasteiger partial charge on any atom is 0.405 e. The van der Waals surface area contributed by atoms with Crippen molar-refractivity contribution in [3.8, 4) is 16.9 Å². The Balaban J connectivity index is 1.59. The maximum absolute atomic E-state index is 11.1. The molecule has 1 unspecified atom stereocenters. The molecule has 1 fully saturated rings. The van der Waals surface area contributed by atoms with Gasteiger partial charge in [-0.05, 0) is 59.1 Å². The van der Waals surface area contributed by atoms with Gasteiger partial charge in [0, 0.05) is 7.11 Å². The lowest BCUT2D eigenvalue weighted by Gasteiger charge is -2.19. The van der Waals surface area contributed by atoms with Gasteiger partial charge in [0.05, 0.1) is 6.04 Å². The van der Waals surface area contributed by atoms with E-state index in [0.29, 0.717) is 0 Å². The van der Waals surface area contributed by atoms with Crippen LogP contribution in [-0.2, 0) is 11.2 Å². The Morgan fingerprint density at radius 2 is 1.92 bits per heavy atom. The molecule has 0 bridgehead atoms. The predicted molar refractivity (Wildman–Crippen MR) is 93.7 cm³/mol. The number of methoxy groups -OCH3 is 1. The van der Waals surface area contributed by atoms with Crippen molar-refractivity contribution in [2.24, 2.45) is 5.41 Å². The van der Waals surface area contributed by atoms with Gasteiger partial charge in [0.25, 0.3) is 0 Å². The molecule has 130 valence electrons. The van der Waals surface area contributed by atoms with E-state index in [1.54, 1.807) is 7.11 Å². The lowest BCUT2D eigenvalue weighted by Crippen LogP contribution is -2.30. The molecule has 0 heterocycles. The minimum absolute atomic E-state index is 0.0705. The van der Waals surface area contributed by atoms with E-state index in [-0.39, 0.29) is 18.2 Å². The summed E-state index contributed by atoms with van der Waals surface area (Å²) in [5, 5.41) is 11.9. The second kappa shape index (κ2) is 6.08. The summed E-state index contributed by atoms with van der Waals surface area (Å²) in [7, 11) is 1.60. The maximum atomic E-state index is 11.1. The number of hydrogen-bond donors (Lipinski definition) is 2. The summed E-state index contributed by atoms with van der Waals surface area (Å²) in [5.41, 5.74) is 4.75. The van der Waals surface area contributed by atoms with Crippen molar-refractivity contribution >= 4 is 6.09 Å². The molecule has 2 aromatic carbocycles. The molecule has 0 saturated heterocycles. The fourth-order valence-electron chi connectivity index (χ4n) is 3.88. The van der Waals surface area contributed by atoms with Crippen LogP contribution >= 0.6 is 0 Å². The molecule has 4 rings (SSSR count). The van der Waals surface area contributed by atoms with E-state index in [4.69, 9.17) is 14.6 Å². The summed E-state index contributed by atoms with van der Waals surface area (Å²) in [5.74, 6) is 0.773. The number of fused-ring (bicyclic) bond motifs is 1. The van der Waals surface area contributed by atoms with Crippen LogP contribution in [0.3, 0.4) is 0 Å². The zero-order chi connectivity index (χ0) is 17.4. The van der Waals surface area contributed by atoms with Crippen LogP contribution < -0.4 is 10.1 Å². The van der Waals surface area contributed by atoms with Gasteiger partial charge >= 0.3 is 6.09 Å². The van der Waals surface area contributed by atoms with E-state index in [1.165, 1.54) is 5.56 Å². The third kappa shape index (κ3) is 2.96. The van der Waals surface area contributed by atoms with Gasteiger partial charge in [-0.25, -0.2) is 4.79 Å². The number of rotatable bonds is 5. The minimum atomic E-state index is -0.945. The first-order chi connectivity index (χ1) is 12.1. The summed E-state index contributed by atoms with van der Waals surface area (Å²) in [6.45, 7) is 0.234. The van der Waals surface area contributed by atoms with Gasteiger partial charge in [-0.15, -0.1) is 0 Å². The highest BCUT2D eigenvalue weighted by Crippen LogP contribution is 2.62. The smallest absolute Gasteiger partial charge is 0.405 e. The van der Waals surface area contributed by atoms with E-state index in [2.05, 4.69) is 23.5 Å². The fraction of sp³-hybridized carbons (Fsp3) is 0.350. The summed E-state index contributed by atoms with van der Waals surface area (Å²) in [4.78, 5) is 11.1. The molecule has 25 heavy (non-hydrogen) atoms. The van der Waals surface area contributed by atoms with Crippen molar-refractivity contribution in [2.75, 3.05) is 13.9 Å². The highest BCUT2D eigenvalue weighted by Gasteiger charge is 2.55. The van der Waals surface area contributed by atoms with Crippen LogP contribution in [0.4, 0.5) is 4.79 Å². The molecule has 0 aromatic heterocycles. The van der Waals surface area contributed by atoms with Gasteiger partial charge in [0.2, 0.25) is 0 Å². The fourth-order valence-corrected chi connectivity index (χ4v) is 3.88. The molecule has 5 heteroatoms. The van der Waals surface area contributed by atoms with Crippen molar-refractivity contribution in [1.82, 2.24) is 5.32 Å². The molecule has 2 aliphatic carbocycles. The topological polar surface area (TPSA) is 67.8 Å². The van der Waals surface area contributed by atoms with Crippen molar-refractivity contribution in [3.05, 3.63) is 53.6 Å². The monoisotopic (exact) mass is 339 g/mol. The van der Waals surface area contributed by atoms with E-state index >= 15 is 0 Å². The Morgan fingerprint density at radius 3 is 2.56 bits per heavy atom. The number of ether oxygens (including phenoxy) is 2. The van der Waals surface area contributed by atoms with E-state index < -0.39 is 6.09 Å². The van der Waals surface area contributed by atoms with Gasteiger partial charge in [-0.3, -0.25) is 0 Å². The average molecular weight is 339 g/mol. The first-order valence-corrected chi connectivity index (χ1v) is 8.46. The summed E-state index contributed by atoms with van der Waals surface area (Å²) in [6.07, 6.45) is 2.19. The van der Waals surface area contributed by atoms with Crippen LogP contribution in [0.5, 0.6) is 5.75 Å². The number of benzene rings is 2. The highest BCUT2D eigenvalue weighted by atomic mass is 16.7. The molecule has 2 N–H and O–H groups in total. The lowest BCUT2D eigenvalue weighted by atomic mass is 9.97. The van der Waals surface area contributed by atoms with Crippen LogP contribution in [0.15, 0.2) is 42.5 Å². The van der Waals surface area contributed by atoms with Crippen LogP contribution in [0.1, 0.15) is 30.0 Å². The largest absolute Gasteiger partial charge is 0.468 e. The van der Waals surface area contributed by atoms with Gasteiger partial charge in [0.15, 0.2) is 6.79 Å². The normalized spacial score (nSPS) is 19.5. The highest BCUT2D eigenvalue weighted by molar-refractivity contribution is 5.69. The Labute approximate surface area is 146 Å². The Hall–Kier alpha value is -2.53. The van der Waals surface area contributed by atoms with Crippen LogP contribution in [-0.4, -0.2) is 25.1 Å². The molecule has 2 aromatic rings. The van der Waals surface area contributed by atoms with E-state index in [9.17, 15) is 4.79 Å².